The Morgan fingerprint density at radius 1 is 1.33 bits per heavy atom. The minimum atomic E-state index is -0.557. The molecule has 3 heteroatoms. The summed E-state index contributed by atoms with van der Waals surface area (Å²) in [7, 11) is 0. The summed E-state index contributed by atoms with van der Waals surface area (Å²) < 4.78 is 13.6. The molecule has 0 saturated heterocycles. The first-order chi connectivity index (χ1) is 6.91. The van der Waals surface area contributed by atoms with Crippen LogP contribution in [0.25, 0.3) is 0 Å². The number of halogens is 2. The molecule has 0 heterocycles. The Hall–Kier alpha value is -0.600. The van der Waals surface area contributed by atoms with E-state index in [0.717, 1.165) is 5.56 Å². The monoisotopic (exact) mass is 230 g/mol. The lowest BCUT2D eigenvalue weighted by atomic mass is 9.98. The molecule has 0 bridgehead atoms. The Labute approximate surface area is 94.9 Å². The fourth-order valence-electron chi connectivity index (χ4n) is 1.47. The summed E-state index contributed by atoms with van der Waals surface area (Å²) in [6, 6.07) is 3.42. The van der Waals surface area contributed by atoms with Gasteiger partial charge in [-0.1, -0.05) is 31.5 Å². The van der Waals surface area contributed by atoms with Crippen molar-refractivity contribution in [3.63, 3.8) is 0 Å². The van der Waals surface area contributed by atoms with Gasteiger partial charge in [-0.15, -0.1) is 0 Å². The molecule has 1 aromatic carbocycles. The Bertz CT molecular complexity index is 348. The fourth-order valence-corrected chi connectivity index (χ4v) is 1.72. The zero-order valence-electron chi connectivity index (χ0n) is 9.22. The van der Waals surface area contributed by atoms with Crippen molar-refractivity contribution in [2.24, 2.45) is 0 Å². The Kier molecular flexibility index (Phi) is 4.12. The highest BCUT2D eigenvalue weighted by Crippen LogP contribution is 2.26. The van der Waals surface area contributed by atoms with Gasteiger partial charge in [0.05, 0.1) is 11.1 Å². The second kappa shape index (κ2) is 4.95. The molecule has 0 aromatic heterocycles. The van der Waals surface area contributed by atoms with Crippen LogP contribution in [0.1, 0.15) is 37.8 Å². The molecule has 0 aliphatic heterocycles. The van der Waals surface area contributed by atoms with Crippen LogP contribution in [0, 0.1) is 5.82 Å². The standard InChI is InChI=1S/C12H16ClFO/c1-7(2)9-5-10(4-8(3)15)12(14)11(13)6-9/h5-8,15H,4H2,1-3H3. The van der Waals surface area contributed by atoms with E-state index in [1.165, 1.54) is 0 Å². The van der Waals surface area contributed by atoms with E-state index in [4.69, 9.17) is 11.6 Å². The third-order valence-electron chi connectivity index (χ3n) is 2.31. The molecule has 1 rings (SSSR count). The fraction of sp³-hybridized carbons (Fsp3) is 0.500. The van der Waals surface area contributed by atoms with Gasteiger partial charge in [-0.3, -0.25) is 0 Å². The summed E-state index contributed by atoms with van der Waals surface area (Å²) >= 11 is 5.79. The molecule has 0 radical (unpaired) electrons. The zero-order chi connectivity index (χ0) is 11.6. The van der Waals surface area contributed by atoms with Crippen LogP contribution in [0.15, 0.2) is 12.1 Å². The van der Waals surface area contributed by atoms with E-state index in [9.17, 15) is 9.50 Å². The van der Waals surface area contributed by atoms with Crippen LogP contribution >= 0.6 is 11.6 Å². The van der Waals surface area contributed by atoms with Crippen molar-refractivity contribution in [1.29, 1.82) is 0 Å². The molecule has 84 valence electrons. The third-order valence-corrected chi connectivity index (χ3v) is 2.58. The van der Waals surface area contributed by atoms with Gasteiger partial charge in [-0.05, 0) is 30.0 Å². The number of hydrogen-bond donors (Lipinski definition) is 1. The van der Waals surface area contributed by atoms with Crippen molar-refractivity contribution in [2.45, 2.75) is 39.2 Å². The van der Waals surface area contributed by atoms with Gasteiger partial charge in [-0.2, -0.15) is 0 Å². The minimum Gasteiger partial charge on any atom is -0.393 e. The molecule has 1 N–H and O–H groups in total. The maximum atomic E-state index is 13.6. The lowest BCUT2D eigenvalue weighted by Gasteiger charge is -2.12. The van der Waals surface area contributed by atoms with Crippen molar-refractivity contribution < 1.29 is 9.50 Å². The van der Waals surface area contributed by atoms with E-state index in [0.29, 0.717) is 17.9 Å². The first-order valence-electron chi connectivity index (χ1n) is 5.07. The molecule has 0 aliphatic carbocycles. The van der Waals surface area contributed by atoms with Gasteiger partial charge < -0.3 is 5.11 Å². The molecular weight excluding hydrogens is 215 g/mol. The van der Waals surface area contributed by atoms with Crippen LogP contribution in [0.3, 0.4) is 0 Å². The molecule has 1 unspecified atom stereocenters. The van der Waals surface area contributed by atoms with Gasteiger partial charge in [0.1, 0.15) is 5.82 Å². The van der Waals surface area contributed by atoms with E-state index in [1.807, 2.05) is 13.8 Å². The summed E-state index contributed by atoms with van der Waals surface area (Å²) in [5.74, 6) is -0.113. The second-order valence-electron chi connectivity index (χ2n) is 4.18. The van der Waals surface area contributed by atoms with Crippen LogP contribution in [0.2, 0.25) is 5.02 Å². The van der Waals surface area contributed by atoms with Crippen molar-refractivity contribution in [3.05, 3.63) is 34.1 Å². The normalized spacial score (nSPS) is 13.3. The highest BCUT2D eigenvalue weighted by Gasteiger charge is 2.12. The average molecular weight is 231 g/mol. The maximum absolute atomic E-state index is 13.6. The van der Waals surface area contributed by atoms with E-state index >= 15 is 0 Å². The van der Waals surface area contributed by atoms with Crippen LogP contribution in [0.5, 0.6) is 0 Å². The first-order valence-corrected chi connectivity index (χ1v) is 5.45. The molecule has 0 aliphatic rings. The summed E-state index contributed by atoms with van der Waals surface area (Å²) in [4.78, 5) is 0. The summed E-state index contributed by atoms with van der Waals surface area (Å²) in [6.45, 7) is 5.68. The molecule has 1 aromatic rings. The highest BCUT2D eigenvalue weighted by atomic mass is 35.5. The number of aliphatic hydroxyl groups excluding tert-OH is 1. The predicted molar refractivity (Wildman–Crippen MR) is 60.9 cm³/mol. The van der Waals surface area contributed by atoms with Crippen LogP contribution in [-0.4, -0.2) is 11.2 Å². The Morgan fingerprint density at radius 2 is 1.93 bits per heavy atom. The molecule has 15 heavy (non-hydrogen) atoms. The van der Waals surface area contributed by atoms with Crippen LogP contribution < -0.4 is 0 Å². The largest absolute Gasteiger partial charge is 0.393 e. The van der Waals surface area contributed by atoms with Gasteiger partial charge in [0, 0.05) is 6.42 Å². The van der Waals surface area contributed by atoms with E-state index in [1.54, 1.807) is 19.1 Å². The van der Waals surface area contributed by atoms with Crippen molar-refractivity contribution >= 4 is 11.6 Å². The van der Waals surface area contributed by atoms with E-state index < -0.39 is 11.9 Å². The molecule has 0 saturated carbocycles. The number of aliphatic hydroxyl groups is 1. The van der Waals surface area contributed by atoms with Gasteiger partial charge in [0.25, 0.3) is 0 Å². The number of hydrogen-bond acceptors (Lipinski definition) is 1. The lowest BCUT2D eigenvalue weighted by molar-refractivity contribution is 0.194. The average Bonchev–Trinajstić information content (AvgIpc) is 2.11. The molecule has 1 atom stereocenters. The van der Waals surface area contributed by atoms with Crippen molar-refractivity contribution in [1.82, 2.24) is 0 Å². The van der Waals surface area contributed by atoms with Gasteiger partial charge in [0.15, 0.2) is 0 Å². The first kappa shape index (κ1) is 12.5. The van der Waals surface area contributed by atoms with Gasteiger partial charge >= 0.3 is 0 Å². The molecule has 0 amide bonds. The predicted octanol–water partition coefficient (Wildman–Crippen LogP) is 3.53. The molecule has 1 nitrogen and oxygen atoms in total. The minimum absolute atomic E-state index is 0.136. The molecular formula is C12H16ClFO. The Balaban J connectivity index is 3.13. The smallest absolute Gasteiger partial charge is 0.145 e. The summed E-state index contributed by atoms with van der Waals surface area (Å²) in [5, 5.41) is 9.38. The molecule has 0 fully saturated rings. The van der Waals surface area contributed by atoms with Gasteiger partial charge in [-0.25, -0.2) is 4.39 Å². The van der Waals surface area contributed by atoms with Crippen LogP contribution in [0.4, 0.5) is 4.39 Å². The van der Waals surface area contributed by atoms with Crippen molar-refractivity contribution in [2.75, 3.05) is 0 Å². The lowest BCUT2D eigenvalue weighted by Crippen LogP contribution is -2.07. The van der Waals surface area contributed by atoms with Gasteiger partial charge in [0.2, 0.25) is 0 Å². The maximum Gasteiger partial charge on any atom is 0.145 e. The highest BCUT2D eigenvalue weighted by molar-refractivity contribution is 6.30. The quantitative estimate of drug-likeness (QED) is 0.843. The summed E-state index contributed by atoms with van der Waals surface area (Å²) in [6.07, 6.45) is -0.260. The third kappa shape index (κ3) is 3.18. The topological polar surface area (TPSA) is 20.2 Å². The number of benzene rings is 1. The zero-order valence-corrected chi connectivity index (χ0v) is 9.98. The van der Waals surface area contributed by atoms with Crippen molar-refractivity contribution in [3.8, 4) is 0 Å². The number of rotatable bonds is 3. The van der Waals surface area contributed by atoms with E-state index in [-0.39, 0.29) is 5.02 Å². The summed E-state index contributed by atoms with van der Waals surface area (Å²) in [5.41, 5.74) is 1.48. The molecule has 0 spiro atoms. The SMILES string of the molecule is CC(O)Cc1cc(C(C)C)cc(Cl)c1F. The van der Waals surface area contributed by atoms with Crippen LogP contribution in [-0.2, 0) is 6.42 Å². The Morgan fingerprint density at radius 3 is 2.40 bits per heavy atom. The van der Waals surface area contributed by atoms with E-state index in [2.05, 4.69) is 0 Å². The second-order valence-corrected chi connectivity index (χ2v) is 4.59.